The van der Waals surface area contributed by atoms with Crippen molar-refractivity contribution in [1.29, 1.82) is 0 Å². The summed E-state index contributed by atoms with van der Waals surface area (Å²) in [6, 6.07) is 9.12. The molecule has 0 aromatic heterocycles. The number of amides is 3. The van der Waals surface area contributed by atoms with E-state index in [2.05, 4.69) is 16.0 Å². The third kappa shape index (κ3) is 7.61. The Hall–Kier alpha value is -1.34. The van der Waals surface area contributed by atoms with Gasteiger partial charge in [0.05, 0.1) is 6.54 Å². The second-order valence-corrected chi connectivity index (χ2v) is 4.74. The van der Waals surface area contributed by atoms with Crippen molar-refractivity contribution in [2.75, 3.05) is 32.7 Å². The number of nitrogens with zero attached hydrogens (tertiary/aromatic N) is 1. The maximum absolute atomic E-state index is 11.7. The molecule has 3 amide bonds. The van der Waals surface area contributed by atoms with Gasteiger partial charge in [0, 0.05) is 32.7 Å². The van der Waals surface area contributed by atoms with Crippen molar-refractivity contribution in [2.24, 2.45) is 0 Å². The highest BCUT2D eigenvalue weighted by atomic mass is 35.5. The molecule has 1 aliphatic heterocycles. The maximum atomic E-state index is 11.7. The zero-order valence-electron chi connectivity index (χ0n) is 12.2. The van der Waals surface area contributed by atoms with Crippen molar-refractivity contribution < 1.29 is 9.59 Å². The van der Waals surface area contributed by atoms with Crippen molar-refractivity contribution in [3.05, 3.63) is 35.9 Å². The minimum absolute atomic E-state index is 0. The molecule has 0 saturated carbocycles. The Balaban J connectivity index is 0.00000220. The fraction of sp³-hybridized carbons (Fsp3) is 0.429. The number of imide groups is 1. The number of hydrogen-bond donors (Lipinski definition) is 3. The van der Waals surface area contributed by atoms with Gasteiger partial charge < -0.3 is 10.6 Å². The molecule has 0 atom stereocenters. The molecule has 1 heterocycles. The Labute approximate surface area is 142 Å². The molecule has 3 N–H and O–H groups in total. The van der Waals surface area contributed by atoms with Crippen LogP contribution in [-0.4, -0.2) is 49.6 Å². The monoisotopic (exact) mass is 348 g/mol. The molecule has 8 heteroatoms. The molecular weight excluding hydrogens is 327 g/mol. The molecule has 0 unspecified atom stereocenters. The van der Waals surface area contributed by atoms with Gasteiger partial charge in [-0.25, -0.2) is 4.79 Å². The predicted molar refractivity (Wildman–Crippen MR) is 90.6 cm³/mol. The molecule has 124 valence electrons. The Bertz CT molecular complexity index is 453. The van der Waals surface area contributed by atoms with E-state index >= 15 is 0 Å². The van der Waals surface area contributed by atoms with E-state index < -0.39 is 6.03 Å². The van der Waals surface area contributed by atoms with Crippen LogP contribution in [0.1, 0.15) is 5.56 Å². The molecule has 6 nitrogen and oxygen atoms in total. The standard InChI is InChI=1S/C14H20N4O2.2ClH/c19-13(11-18-8-6-15-7-9-18)17-14(20)16-10-12-4-2-1-3-5-12;;/h1-5,15H,6-11H2,(H2,16,17,19,20);2*1H. The van der Waals surface area contributed by atoms with Gasteiger partial charge in [0.1, 0.15) is 0 Å². The highest BCUT2D eigenvalue weighted by Gasteiger charge is 2.14. The summed E-state index contributed by atoms with van der Waals surface area (Å²) < 4.78 is 0. The van der Waals surface area contributed by atoms with E-state index in [4.69, 9.17) is 0 Å². The first-order valence-electron chi connectivity index (χ1n) is 6.79. The quantitative estimate of drug-likeness (QED) is 0.751. The zero-order valence-corrected chi connectivity index (χ0v) is 13.8. The Kier molecular flexibility index (Phi) is 10.6. The normalized spacial score (nSPS) is 14.2. The van der Waals surface area contributed by atoms with E-state index in [1.807, 2.05) is 35.2 Å². The SMILES string of the molecule is Cl.Cl.O=C(CN1CCNCC1)NC(=O)NCc1ccccc1. The van der Waals surface area contributed by atoms with Gasteiger partial charge in [-0.2, -0.15) is 0 Å². The average Bonchev–Trinajstić information content (AvgIpc) is 2.47. The largest absolute Gasteiger partial charge is 0.334 e. The van der Waals surface area contributed by atoms with E-state index in [1.165, 1.54) is 0 Å². The first-order chi connectivity index (χ1) is 9.74. The highest BCUT2D eigenvalue weighted by Crippen LogP contribution is 1.97. The van der Waals surface area contributed by atoms with Gasteiger partial charge in [0.2, 0.25) is 5.91 Å². The van der Waals surface area contributed by atoms with Crippen LogP contribution in [0.5, 0.6) is 0 Å². The number of carbonyl (C=O) groups excluding carboxylic acids is 2. The first kappa shape index (κ1) is 20.7. The average molecular weight is 349 g/mol. The second-order valence-electron chi connectivity index (χ2n) is 4.74. The summed E-state index contributed by atoms with van der Waals surface area (Å²) >= 11 is 0. The predicted octanol–water partition coefficient (Wildman–Crippen LogP) is 0.761. The van der Waals surface area contributed by atoms with Gasteiger partial charge in [0.25, 0.3) is 0 Å². The van der Waals surface area contributed by atoms with Crippen molar-refractivity contribution in [2.45, 2.75) is 6.54 Å². The lowest BCUT2D eigenvalue weighted by molar-refractivity contribution is -0.121. The van der Waals surface area contributed by atoms with Crippen LogP contribution in [0.4, 0.5) is 4.79 Å². The second kappa shape index (κ2) is 11.3. The van der Waals surface area contributed by atoms with Crippen LogP contribution in [-0.2, 0) is 11.3 Å². The summed E-state index contributed by atoms with van der Waals surface area (Å²) in [4.78, 5) is 25.3. The fourth-order valence-corrected chi connectivity index (χ4v) is 2.06. The van der Waals surface area contributed by atoms with E-state index in [0.717, 1.165) is 31.7 Å². The number of benzene rings is 1. The Morgan fingerprint density at radius 1 is 1.09 bits per heavy atom. The number of urea groups is 1. The van der Waals surface area contributed by atoms with Crippen LogP contribution < -0.4 is 16.0 Å². The molecule has 1 fully saturated rings. The molecule has 1 aliphatic rings. The van der Waals surface area contributed by atoms with Crippen LogP contribution in [0.25, 0.3) is 0 Å². The molecule has 2 rings (SSSR count). The lowest BCUT2D eigenvalue weighted by Gasteiger charge is -2.26. The molecule has 0 aliphatic carbocycles. The first-order valence-corrected chi connectivity index (χ1v) is 6.79. The highest BCUT2D eigenvalue weighted by molar-refractivity contribution is 5.95. The summed E-state index contributed by atoms with van der Waals surface area (Å²) in [6.07, 6.45) is 0. The van der Waals surface area contributed by atoms with Gasteiger partial charge in [0.15, 0.2) is 0 Å². The maximum Gasteiger partial charge on any atom is 0.321 e. The van der Waals surface area contributed by atoms with Gasteiger partial charge in [-0.15, -0.1) is 24.8 Å². The number of nitrogens with one attached hydrogen (secondary N) is 3. The Morgan fingerprint density at radius 3 is 2.36 bits per heavy atom. The Morgan fingerprint density at radius 2 is 1.73 bits per heavy atom. The number of halogens is 2. The van der Waals surface area contributed by atoms with E-state index in [-0.39, 0.29) is 37.3 Å². The minimum atomic E-state index is -0.450. The summed E-state index contributed by atoms with van der Waals surface area (Å²) in [7, 11) is 0. The number of hydrogen-bond acceptors (Lipinski definition) is 4. The van der Waals surface area contributed by atoms with E-state index in [0.29, 0.717) is 6.54 Å². The summed E-state index contributed by atoms with van der Waals surface area (Å²) in [5.41, 5.74) is 0.997. The zero-order chi connectivity index (χ0) is 14.2. The molecule has 0 spiro atoms. The molecule has 0 bridgehead atoms. The molecule has 1 aromatic carbocycles. The summed E-state index contributed by atoms with van der Waals surface area (Å²) in [5.74, 6) is -0.266. The fourth-order valence-electron chi connectivity index (χ4n) is 2.06. The van der Waals surface area contributed by atoms with Crippen LogP contribution in [0.3, 0.4) is 0 Å². The number of carbonyl (C=O) groups is 2. The molecular formula is C14H22Cl2N4O2. The summed E-state index contributed by atoms with van der Waals surface area (Å²) in [6.45, 7) is 4.10. The smallest absolute Gasteiger partial charge is 0.321 e. The van der Waals surface area contributed by atoms with Crippen molar-refractivity contribution in [3.8, 4) is 0 Å². The van der Waals surface area contributed by atoms with E-state index in [1.54, 1.807) is 0 Å². The van der Waals surface area contributed by atoms with Gasteiger partial charge in [-0.3, -0.25) is 15.0 Å². The topological polar surface area (TPSA) is 73.5 Å². The minimum Gasteiger partial charge on any atom is -0.334 e. The third-order valence-electron chi connectivity index (χ3n) is 3.13. The third-order valence-corrected chi connectivity index (χ3v) is 3.13. The van der Waals surface area contributed by atoms with Crippen LogP contribution in [0, 0.1) is 0 Å². The van der Waals surface area contributed by atoms with Crippen molar-refractivity contribution in [1.82, 2.24) is 20.9 Å². The number of rotatable bonds is 4. The summed E-state index contributed by atoms with van der Waals surface area (Å²) in [5, 5.41) is 8.23. The molecule has 0 radical (unpaired) electrons. The number of piperazine rings is 1. The van der Waals surface area contributed by atoms with Crippen molar-refractivity contribution in [3.63, 3.8) is 0 Å². The molecule has 1 aromatic rings. The lowest BCUT2D eigenvalue weighted by atomic mass is 10.2. The van der Waals surface area contributed by atoms with Crippen LogP contribution >= 0.6 is 24.8 Å². The van der Waals surface area contributed by atoms with Crippen LogP contribution in [0.15, 0.2) is 30.3 Å². The van der Waals surface area contributed by atoms with Gasteiger partial charge in [-0.05, 0) is 5.56 Å². The molecule has 22 heavy (non-hydrogen) atoms. The van der Waals surface area contributed by atoms with Crippen molar-refractivity contribution >= 4 is 36.8 Å². The van der Waals surface area contributed by atoms with Crippen LogP contribution in [0.2, 0.25) is 0 Å². The lowest BCUT2D eigenvalue weighted by Crippen LogP contribution is -2.49. The van der Waals surface area contributed by atoms with E-state index in [9.17, 15) is 9.59 Å². The van der Waals surface area contributed by atoms with Gasteiger partial charge in [-0.1, -0.05) is 30.3 Å². The van der Waals surface area contributed by atoms with Gasteiger partial charge >= 0.3 is 6.03 Å². The molecule has 1 saturated heterocycles.